The number of hydrogen-bond acceptors (Lipinski definition) is 2. The normalized spacial score (nSPS) is 25.0. The van der Waals surface area contributed by atoms with Crippen LogP contribution < -0.4 is 0 Å². The van der Waals surface area contributed by atoms with E-state index in [1.54, 1.807) is 6.92 Å². The van der Waals surface area contributed by atoms with E-state index in [0.29, 0.717) is 31.1 Å². The van der Waals surface area contributed by atoms with E-state index in [4.69, 9.17) is 0 Å². The molecule has 3 saturated heterocycles. The van der Waals surface area contributed by atoms with Crippen LogP contribution in [-0.2, 0) is 17.5 Å². The average molecular weight is 344 g/mol. The van der Waals surface area contributed by atoms with E-state index >= 15 is 0 Å². The summed E-state index contributed by atoms with van der Waals surface area (Å²) < 4.78 is 52.0. The van der Waals surface area contributed by atoms with Gasteiger partial charge in [-0.2, -0.15) is 13.2 Å². The number of hydrogen-bond donors (Lipinski definition) is 0. The lowest BCUT2D eigenvalue weighted by Gasteiger charge is -2.36. The Hall–Kier alpha value is -1.63. The van der Waals surface area contributed by atoms with E-state index in [-0.39, 0.29) is 11.9 Å². The van der Waals surface area contributed by atoms with Gasteiger partial charge in [-0.25, -0.2) is 4.39 Å². The zero-order valence-corrected chi connectivity index (χ0v) is 13.4. The molecule has 132 valence electrons. The van der Waals surface area contributed by atoms with Gasteiger partial charge >= 0.3 is 6.18 Å². The first kappa shape index (κ1) is 17.2. The summed E-state index contributed by atoms with van der Waals surface area (Å²) in [5.41, 5.74) is -0.768. The highest BCUT2D eigenvalue weighted by molar-refractivity contribution is 5.73. The van der Waals surface area contributed by atoms with Gasteiger partial charge in [0.25, 0.3) is 0 Å². The van der Waals surface area contributed by atoms with Gasteiger partial charge in [-0.05, 0) is 36.5 Å². The first-order valence-corrected chi connectivity index (χ1v) is 8.09. The van der Waals surface area contributed by atoms with Crippen molar-refractivity contribution in [1.82, 2.24) is 9.80 Å². The zero-order valence-electron chi connectivity index (χ0n) is 13.4. The van der Waals surface area contributed by atoms with Crippen LogP contribution in [0.3, 0.4) is 0 Å². The number of halogens is 4. The Morgan fingerprint density at radius 1 is 1.21 bits per heavy atom. The molecule has 3 nitrogen and oxygen atoms in total. The smallest absolute Gasteiger partial charge is 0.341 e. The summed E-state index contributed by atoms with van der Waals surface area (Å²) >= 11 is 0. The molecule has 24 heavy (non-hydrogen) atoms. The van der Waals surface area contributed by atoms with Gasteiger partial charge in [0, 0.05) is 39.1 Å². The fourth-order valence-corrected chi connectivity index (χ4v) is 3.75. The fourth-order valence-electron chi connectivity index (χ4n) is 3.75. The molecule has 0 aliphatic carbocycles. The van der Waals surface area contributed by atoms with Gasteiger partial charge in [0.05, 0.1) is 5.56 Å². The van der Waals surface area contributed by atoms with Crippen molar-refractivity contribution in [2.45, 2.75) is 38.5 Å². The molecule has 2 atom stereocenters. The maximum Gasteiger partial charge on any atom is 0.419 e. The van der Waals surface area contributed by atoms with Crippen molar-refractivity contribution in [1.29, 1.82) is 0 Å². The second kappa shape index (κ2) is 6.35. The first-order valence-electron chi connectivity index (χ1n) is 8.09. The average Bonchev–Trinajstić information content (AvgIpc) is 2.80. The van der Waals surface area contributed by atoms with Crippen LogP contribution in [0.5, 0.6) is 0 Å². The number of nitrogens with zero attached hydrogens (tertiary/aromatic N) is 2. The van der Waals surface area contributed by atoms with Crippen LogP contribution in [0, 0.1) is 11.7 Å². The first-order chi connectivity index (χ1) is 11.2. The molecule has 0 N–H and O–H groups in total. The van der Waals surface area contributed by atoms with Crippen molar-refractivity contribution in [2.75, 3.05) is 19.6 Å². The lowest BCUT2D eigenvalue weighted by atomic mass is 9.94. The van der Waals surface area contributed by atoms with Gasteiger partial charge in [0.1, 0.15) is 5.82 Å². The van der Waals surface area contributed by atoms with Gasteiger partial charge in [-0.3, -0.25) is 9.69 Å². The Morgan fingerprint density at radius 2 is 1.96 bits per heavy atom. The highest BCUT2D eigenvalue weighted by Gasteiger charge is 2.37. The van der Waals surface area contributed by atoms with E-state index in [2.05, 4.69) is 4.90 Å². The summed E-state index contributed by atoms with van der Waals surface area (Å²) in [6.45, 7) is 3.97. The summed E-state index contributed by atoms with van der Waals surface area (Å²) in [5, 5.41) is 0. The Labute approximate surface area is 138 Å². The molecule has 1 aromatic rings. The lowest BCUT2D eigenvalue weighted by molar-refractivity contribution is -0.140. The number of benzene rings is 1. The molecule has 0 aromatic heterocycles. The standard InChI is InChI=1S/C17H20F4N2O/c1-11(24)22-8-13-2-4-14(10-22)23(9-13)7-12-3-5-16(18)15(6-12)17(19,20)21/h3,5-6,13-14H,2,4,7-10H2,1H3/t13-,14+/m1/s1. The number of carbonyl (C=O) groups excluding carboxylic acids is 1. The Balaban J connectivity index is 1.78. The topological polar surface area (TPSA) is 23.6 Å². The number of amides is 1. The number of alkyl halides is 3. The van der Waals surface area contributed by atoms with Gasteiger partial charge in [-0.1, -0.05) is 6.07 Å². The molecular weight excluding hydrogens is 324 g/mol. The highest BCUT2D eigenvalue weighted by Crippen LogP contribution is 2.33. The number of piperidine rings is 1. The van der Waals surface area contributed by atoms with Crippen LogP contribution in [0.25, 0.3) is 0 Å². The quantitative estimate of drug-likeness (QED) is 0.769. The minimum Gasteiger partial charge on any atom is -0.341 e. The third-order valence-corrected chi connectivity index (χ3v) is 4.99. The van der Waals surface area contributed by atoms with Crippen molar-refractivity contribution in [3.63, 3.8) is 0 Å². The lowest BCUT2D eigenvalue weighted by Crippen LogP contribution is -2.43. The molecule has 0 saturated carbocycles. The predicted octanol–water partition coefficient (Wildman–Crippen LogP) is 3.29. The predicted molar refractivity (Wildman–Crippen MR) is 80.6 cm³/mol. The van der Waals surface area contributed by atoms with Crippen LogP contribution >= 0.6 is 0 Å². The molecular formula is C17H20F4N2O. The summed E-state index contributed by atoms with van der Waals surface area (Å²) in [5.74, 6) is -0.864. The number of carbonyl (C=O) groups is 1. The third kappa shape index (κ3) is 3.55. The maximum absolute atomic E-state index is 13.4. The minimum absolute atomic E-state index is 0.0369. The van der Waals surface area contributed by atoms with Crippen molar-refractivity contribution in [2.24, 2.45) is 5.92 Å². The zero-order chi connectivity index (χ0) is 17.5. The van der Waals surface area contributed by atoms with E-state index < -0.39 is 17.6 Å². The molecule has 4 rings (SSSR count). The van der Waals surface area contributed by atoms with Gasteiger partial charge < -0.3 is 4.90 Å². The molecule has 1 amide bonds. The van der Waals surface area contributed by atoms with E-state index in [9.17, 15) is 22.4 Å². The van der Waals surface area contributed by atoms with Gasteiger partial charge in [0.2, 0.25) is 5.91 Å². The third-order valence-electron chi connectivity index (χ3n) is 4.99. The molecule has 0 radical (unpaired) electrons. The Kier molecular flexibility index (Phi) is 4.55. The van der Waals surface area contributed by atoms with Gasteiger partial charge in [-0.15, -0.1) is 0 Å². The van der Waals surface area contributed by atoms with Crippen LogP contribution in [0.4, 0.5) is 17.6 Å². The van der Waals surface area contributed by atoms with Crippen LogP contribution in [0.15, 0.2) is 18.2 Å². The minimum atomic E-state index is -4.69. The molecule has 0 unspecified atom stereocenters. The van der Waals surface area contributed by atoms with Crippen molar-refractivity contribution >= 4 is 5.91 Å². The number of rotatable bonds is 2. The summed E-state index contributed by atoms with van der Waals surface area (Å²) in [6.07, 6.45) is -2.73. The van der Waals surface area contributed by atoms with Crippen LogP contribution in [0.1, 0.15) is 30.9 Å². The molecule has 3 aliphatic rings. The number of fused-ring (bicyclic) bond motifs is 4. The van der Waals surface area contributed by atoms with E-state index in [1.165, 1.54) is 6.07 Å². The summed E-state index contributed by atoms with van der Waals surface area (Å²) in [6, 6.07) is 3.34. The molecule has 2 bridgehead atoms. The largest absolute Gasteiger partial charge is 0.419 e. The molecule has 7 heteroatoms. The Bertz CT molecular complexity index is 632. The summed E-state index contributed by atoms with van der Waals surface area (Å²) in [7, 11) is 0. The molecule has 3 heterocycles. The highest BCUT2D eigenvalue weighted by atomic mass is 19.4. The van der Waals surface area contributed by atoms with E-state index in [0.717, 1.165) is 31.5 Å². The van der Waals surface area contributed by atoms with E-state index in [1.807, 2.05) is 4.90 Å². The van der Waals surface area contributed by atoms with Gasteiger partial charge in [0.15, 0.2) is 0 Å². The monoisotopic (exact) mass is 344 g/mol. The SMILES string of the molecule is CC(=O)N1C[C@H]2CC[C@@H](C1)N(Cc1ccc(F)c(C(F)(F)F)c1)C2. The molecule has 3 aliphatic heterocycles. The van der Waals surface area contributed by atoms with Crippen molar-refractivity contribution in [3.05, 3.63) is 35.1 Å². The fraction of sp³-hybridized carbons (Fsp3) is 0.588. The summed E-state index contributed by atoms with van der Waals surface area (Å²) in [4.78, 5) is 15.6. The molecule has 1 aromatic carbocycles. The molecule has 3 fully saturated rings. The van der Waals surface area contributed by atoms with Crippen molar-refractivity contribution < 1.29 is 22.4 Å². The second-order valence-electron chi connectivity index (χ2n) is 6.76. The van der Waals surface area contributed by atoms with Crippen LogP contribution in [0.2, 0.25) is 0 Å². The maximum atomic E-state index is 13.4. The molecule has 0 spiro atoms. The van der Waals surface area contributed by atoms with Crippen molar-refractivity contribution in [3.8, 4) is 0 Å². The Morgan fingerprint density at radius 3 is 2.62 bits per heavy atom. The van der Waals surface area contributed by atoms with Crippen LogP contribution in [-0.4, -0.2) is 41.4 Å². The second-order valence-corrected chi connectivity index (χ2v) is 6.76.